The lowest BCUT2D eigenvalue weighted by atomic mass is 9.80. The van der Waals surface area contributed by atoms with Crippen LogP contribution < -0.4 is 36.2 Å². The quantitative estimate of drug-likeness (QED) is 0.0219. The molecule has 0 unspecified atom stereocenters. The van der Waals surface area contributed by atoms with Gasteiger partial charge in [0.1, 0.15) is 81.6 Å². The van der Waals surface area contributed by atoms with Gasteiger partial charge in [-0.05, 0) is 310 Å². The molecule has 728 valence electrons. The Labute approximate surface area is 900 Å². The largest absolute Gasteiger partial charge is 0.496 e. The van der Waals surface area contributed by atoms with Crippen molar-refractivity contribution in [3.63, 3.8) is 0 Å². The van der Waals surface area contributed by atoms with Crippen molar-refractivity contribution in [3.8, 4) is 11.1 Å². The van der Waals surface area contributed by atoms with E-state index in [-0.39, 0.29) is 52.2 Å². The van der Waals surface area contributed by atoms with Gasteiger partial charge in [-0.2, -0.15) is 20.1 Å². The number of hydrogen-bond donors (Lipinski definition) is 2. The molecule has 0 saturated carbocycles. The van der Waals surface area contributed by atoms with E-state index in [1.807, 2.05) is 180 Å². The molecule has 18 aromatic rings. The predicted molar refractivity (Wildman–Crippen MR) is 582 cm³/mol. The molecule has 0 bridgehead atoms. The minimum Gasteiger partial charge on any atom is -0.399 e. The first-order chi connectivity index (χ1) is 67.5. The van der Waals surface area contributed by atoms with Crippen LogP contribution in [0.15, 0.2) is 241 Å². The molecule has 46 heteroatoms. The average molecular weight is 2540 g/mol. The van der Waals surface area contributed by atoms with Crippen molar-refractivity contribution in [2.24, 2.45) is 15.9 Å². The predicted octanol–water partition coefficient (Wildman–Crippen LogP) is 27.9. The van der Waals surface area contributed by atoms with Gasteiger partial charge in [0, 0.05) is 135 Å². The molecule has 0 aliphatic carbocycles. The van der Waals surface area contributed by atoms with E-state index in [2.05, 4.69) is 178 Å². The molecule has 10 heterocycles. The van der Waals surface area contributed by atoms with Crippen molar-refractivity contribution in [2.75, 3.05) is 60.2 Å². The minimum absolute atomic E-state index is 0.00475. The number of hydrogen-bond acceptors (Lipinski definition) is 21. The van der Waals surface area contributed by atoms with Crippen molar-refractivity contribution in [3.05, 3.63) is 338 Å². The summed E-state index contributed by atoms with van der Waals surface area (Å²) in [5.74, 6) is 6.20. The van der Waals surface area contributed by atoms with Crippen LogP contribution in [0, 0.1) is 43.4 Å². The highest BCUT2D eigenvalue weighted by atomic mass is 127. The summed E-state index contributed by atoms with van der Waals surface area (Å²) < 4.78 is 139. The van der Waals surface area contributed by atoms with E-state index < -0.39 is 60.3 Å². The van der Waals surface area contributed by atoms with E-state index in [9.17, 15) is 39.5 Å². The van der Waals surface area contributed by atoms with Crippen LogP contribution in [-0.2, 0) is 15.7 Å². The Morgan fingerprint density at radius 3 is 1.31 bits per heavy atom. The van der Waals surface area contributed by atoms with E-state index in [1.165, 1.54) is 95.0 Å². The van der Waals surface area contributed by atoms with Crippen molar-refractivity contribution in [2.45, 2.75) is 58.2 Å². The summed E-state index contributed by atoms with van der Waals surface area (Å²) in [5.41, 5.74) is 9.19. The first-order valence-corrected chi connectivity index (χ1v) is 49.1. The van der Waals surface area contributed by atoms with Crippen molar-refractivity contribution >= 4 is 308 Å². The highest BCUT2D eigenvalue weighted by Gasteiger charge is 2.52. The summed E-state index contributed by atoms with van der Waals surface area (Å²) in [6, 6.07) is 59.3. The fraction of sp³-hybridized carbons (Fsp3) is 0.146. The minimum atomic E-state index is -2.62. The van der Waals surface area contributed by atoms with Crippen molar-refractivity contribution in [1.29, 1.82) is 0 Å². The number of nitrogens with two attached hydrogens (primary N) is 1. The number of aromatic nitrogens is 14. The van der Waals surface area contributed by atoms with E-state index >= 15 is 0 Å². The van der Waals surface area contributed by atoms with E-state index in [1.54, 1.807) is 45.0 Å². The van der Waals surface area contributed by atoms with Crippen LogP contribution in [0.3, 0.4) is 0 Å². The Morgan fingerprint density at radius 2 is 0.859 bits per heavy atom. The Hall–Kier alpha value is -10.5. The Kier molecular flexibility index (Phi) is 35.3. The molecule has 10 aromatic carbocycles. The number of anilines is 8. The molecule has 142 heavy (non-hydrogen) atoms. The van der Waals surface area contributed by atoms with Gasteiger partial charge < -0.3 is 40.1 Å². The summed E-state index contributed by atoms with van der Waals surface area (Å²) in [4.78, 5) is 44.4. The van der Waals surface area contributed by atoms with Gasteiger partial charge in [-0.15, -0.1) is 20.4 Å². The normalized spacial score (nSPS) is 13.1. The van der Waals surface area contributed by atoms with Gasteiger partial charge in [-0.1, -0.05) is 118 Å². The van der Waals surface area contributed by atoms with Gasteiger partial charge in [-0.3, -0.25) is 18.8 Å². The van der Waals surface area contributed by atoms with Crippen LogP contribution in [0.1, 0.15) is 63.1 Å². The van der Waals surface area contributed by atoms with Crippen LogP contribution in [0.2, 0.25) is 40.8 Å². The number of nitrogens with one attached hydrogen (secondary N) is 1. The monoisotopic (exact) mass is 2530 g/mol. The summed E-state index contributed by atoms with van der Waals surface area (Å²) in [7, 11) is 8.75. The fourth-order valence-electron chi connectivity index (χ4n) is 14.1. The zero-order valence-electron chi connectivity index (χ0n) is 75.2. The maximum Gasteiger partial charge on any atom is 0.496 e. The second kappa shape index (κ2) is 46.7. The summed E-state index contributed by atoms with van der Waals surface area (Å²) >= 11 is 55.6. The first-order valence-electron chi connectivity index (χ1n) is 41.7. The molecule has 20 rings (SSSR count). The Balaban J connectivity index is 0.000000135. The van der Waals surface area contributed by atoms with Gasteiger partial charge in [0.2, 0.25) is 10.6 Å². The molecule has 24 nitrogen and oxygen atoms in total. The van der Waals surface area contributed by atoms with Crippen LogP contribution in [0.25, 0.3) is 66.3 Å². The molecule has 2 aliphatic rings. The number of nitrogens with zero attached hydrogens (tertiary/aromatic N) is 20. The van der Waals surface area contributed by atoms with Crippen LogP contribution in [0.4, 0.5) is 85.4 Å². The average Bonchev–Trinajstić information content (AvgIpc) is 1.47. The molecule has 8 aromatic heterocycles. The number of fused-ring (bicyclic) bond motifs is 9. The molecule has 3 N–H and O–H groups in total. The summed E-state index contributed by atoms with van der Waals surface area (Å²) in [6.07, 6.45) is 1.06. The SMILES string of the molecule is CC1(C)OB(c2ccc(C(F)F)nc2)OC1(C)C.CN(C1=N/C(=N/N)Cc2cc(Cl)c(F)cc21)c1cccc(I)c1.CN(c1cccc(-c2ccc(C(F)F)nc2)c1)c1nc2nncn2c2cc(Cl)c(F)cc12.CN(c1cccc(I)c1)c1nc(Cl)nc2cc(Cl)c(F)cc12.CN(c1cccc(I)c1)c1nc2nncn2c2cc(Cl)c(F)cc12.CNc1cccc(I)c1.Fc1cc2c(Cl)nc(Cl)nc2cc1Cl. The topological polar surface area (TPSA) is 258 Å². The summed E-state index contributed by atoms with van der Waals surface area (Å²) in [6.45, 7) is 7.75. The lowest BCUT2D eigenvalue weighted by Gasteiger charge is -2.32. The van der Waals surface area contributed by atoms with Gasteiger partial charge >= 0.3 is 7.12 Å². The molecule has 1 fully saturated rings. The number of pyridine rings is 2. The van der Waals surface area contributed by atoms with Crippen LogP contribution in [-0.4, -0.2) is 134 Å². The maximum absolute atomic E-state index is 14.3. The molecule has 0 spiro atoms. The fourth-order valence-corrected chi connectivity index (χ4v) is 17.7. The van der Waals surface area contributed by atoms with Crippen LogP contribution in [0.5, 0.6) is 0 Å². The Morgan fingerprint density at radius 1 is 0.444 bits per heavy atom. The maximum atomic E-state index is 14.3. The number of hydrazone groups is 1. The standard InChI is InChI=1S/C22H14ClF3N6.C16H10ClFIN5.C16H13ClFIN4.C15H9Cl2FIN3.C12H16BF2NO2.C8H2Cl3FN2.C7H8IN/c1-31(14-4-2-3-12(7-14)13-5-6-18(20(25)26)27-10-13)21-15-8-17(24)16(23)9-19(15)32-11-28-30-22(32)29-21;1-23(10-4-2-3-9(19)5-10)15-11-6-13(18)12(17)7-14(11)24-8-20-22-16(24)21-15;1-23(11-4-2-3-10(19)7-11)16-12-8-14(18)13(17)5-9(12)6-15(21-16)22-20;1-22(9-4-2-3-8(19)5-9)14-10-6-12(18)11(16)7-13(10)20-15(17)21-14;1-11(2)12(3,4)18-13(17-11)8-5-6-9(10(14)15)16-7-8;9-4-2-6-3(1-5(4)12)7(10)14-8(11)13-6;1-9-7-4-2-3-6(8)5-7/h2-11,20H,1H3;2-8H,1H3;2-5,7-8H,6,20H2,1H3;2-7H,1H3;5-7,10H,1-4H3;1-2H;2-5,9H,1H3/b;;22-15+;;;;. The third-order valence-electron chi connectivity index (χ3n) is 22.1. The molecule has 0 atom stereocenters. The smallest absolute Gasteiger partial charge is 0.399 e. The second-order valence-electron chi connectivity index (χ2n) is 31.9. The third-order valence-corrected chi connectivity index (χ3v) is 26.9. The number of benzene rings is 10. The summed E-state index contributed by atoms with van der Waals surface area (Å²) in [5, 5.41) is 24.9. The lowest BCUT2D eigenvalue weighted by molar-refractivity contribution is 0.00578. The first kappa shape index (κ1) is 107. The van der Waals surface area contributed by atoms with Gasteiger partial charge in [-0.25, -0.2) is 59.5 Å². The third kappa shape index (κ3) is 25.4. The highest BCUT2D eigenvalue weighted by molar-refractivity contribution is 14.1. The number of halogens is 21. The van der Waals surface area contributed by atoms with E-state index in [0.29, 0.717) is 107 Å². The van der Waals surface area contributed by atoms with Gasteiger partial charge in [0.15, 0.2) is 5.84 Å². The molecule has 1 saturated heterocycles. The van der Waals surface area contributed by atoms with Gasteiger partial charge in [0.05, 0.1) is 58.4 Å². The molecular formula is C96H72BCl8F9I4N22O2. The number of alkyl halides is 4. The lowest BCUT2D eigenvalue weighted by Crippen LogP contribution is -2.41. The number of rotatable bonds is 12. The second-order valence-corrected chi connectivity index (χ2v) is 39.9. The van der Waals surface area contributed by atoms with Crippen molar-refractivity contribution < 1.29 is 48.8 Å². The van der Waals surface area contributed by atoms with E-state index in [0.717, 1.165) is 44.6 Å². The van der Waals surface area contributed by atoms with Gasteiger partial charge in [0.25, 0.3) is 24.4 Å². The zero-order valence-corrected chi connectivity index (χ0v) is 89.8. The molecule has 0 radical (unpaired) electrons. The van der Waals surface area contributed by atoms with E-state index in [4.69, 9.17) is 108 Å². The highest BCUT2D eigenvalue weighted by Crippen LogP contribution is 2.42. The number of aliphatic imine (C=N–C) groups is 1. The zero-order chi connectivity index (χ0) is 102. The number of amidine groups is 2. The van der Waals surface area contributed by atoms with Crippen LogP contribution >= 0.6 is 183 Å². The Bertz CT molecular complexity index is 7810. The van der Waals surface area contributed by atoms with Crippen molar-refractivity contribution in [1.82, 2.24) is 69.1 Å². The molecule has 2 aliphatic heterocycles. The molecule has 0 amide bonds. The molecular weight excluding hydrogens is 2470 g/mol.